The van der Waals surface area contributed by atoms with E-state index in [0.717, 1.165) is 30.6 Å². The van der Waals surface area contributed by atoms with Crippen molar-refractivity contribution >= 4 is 25.9 Å². The zero-order chi connectivity index (χ0) is 25.0. The highest BCUT2D eigenvalue weighted by atomic mass is 32.2. The van der Waals surface area contributed by atoms with Crippen LogP contribution >= 0.6 is 0 Å². The Morgan fingerprint density at radius 3 is 2.38 bits per heavy atom. The maximum absolute atomic E-state index is 11.8. The van der Waals surface area contributed by atoms with Crippen molar-refractivity contribution in [3.8, 4) is 0 Å². The van der Waals surface area contributed by atoms with Crippen molar-refractivity contribution in [1.82, 2.24) is 0 Å². The van der Waals surface area contributed by atoms with Gasteiger partial charge in [-0.05, 0) is 61.9 Å². The average Bonchev–Trinajstić information content (AvgIpc) is 2.93. The summed E-state index contributed by atoms with van der Waals surface area (Å²) in [6, 6.07) is 4.76. The Morgan fingerprint density at radius 2 is 1.68 bits per heavy atom. The molecule has 2 unspecified atom stereocenters. The Balaban J connectivity index is 1.81. The number of allylic oxidation sites excluding steroid dienone is 8. The van der Waals surface area contributed by atoms with Gasteiger partial charge in [-0.25, -0.2) is 0 Å². The Labute approximate surface area is 203 Å². The van der Waals surface area contributed by atoms with Gasteiger partial charge in [-0.1, -0.05) is 55.9 Å². The first-order chi connectivity index (χ1) is 15.9. The molecule has 2 aliphatic rings. The number of hydrogen-bond donors (Lipinski definition) is 2. The highest BCUT2D eigenvalue weighted by Gasteiger charge is 2.45. The summed E-state index contributed by atoms with van der Waals surface area (Å²) in [6.45, 7) is 4.91. The topological polar surface area (TPSA) is 112 Å². The zero-order valence-corrected chi connectivity index (χ0v) is 21.2. The molecule has 1 aliphatic heterocycles. The molecule has 9 heteroatoms. The second-order valence-electron chi connectivity index (χ2n) is 9.16. The fraction of sp³-hybridized carbons (Fsp3) is 0.440. The van der Waals surface area contributed by atoms with Gasteiger partial charge < -0.3 is 4.90 Å². The highest BCUT2D eigenvalue weighted by Crippen LogP contribution is 2.49. The molecule has 34 heavy (non-hydrogen) atoms. The van der Waals surface area contributed by atoms with E-state index in [-0.39, 0.29) is 16.7 Å². The van der Waals surface area contributed by atoms with Crippen molar-refractivity contribution in [1.29, 1.82) is 0 Å². The van der Waals surface area contributed by atoms with Gasteiger partial charge in [0.05, 0.1) is 10.6 Å². The first kappa shape index (κ1) is 26.4. The van der Waals surface area contributed by atoms with E-state index < -0.39 is 25.7 Å². The summed E-state index contributed by atoms with van der Waals surface area (Å²) in [5, 5.41) is 0. The normalized spacial score (nSPS) is 24.3. The van der Waals surface area contributed by atoms with Gasteiger partial charge in [0.1, 0.15) is 0 Å². The molecule has 0 saturated heterocycles. The third-order valence-electron chi connectivity index (χ3n) is 6.86. The van der Waals surface area contributed by atoms with E-state index in [1.165, 1.54) is 11.6 Å². The van der Waals surface area contributed by atoms with Gasteiger partial charge in [0.25, 0.3) is 20.2 Å². The Bertz CT molecular complexity index is 1230. The van der Waals surface area contributed by atoms with Crippen LogP contribution in [0.15, 0.2) is 71.2 Å². The van der Waals surface area contributed by atoms with Crippen LogP contribution in [0.5, 0.6) is 0 Å². The summed E-state index contributed by atoms with van der Waals surface area (Å²) in [4.78, 5) is 2.13. The van der Waals surface area contributed by atoms with Crippen molar-refractivity contribution < 1.29 is 25.9 Å². The molecule has 3 rings (SSSR count). The Kier molecular flexibility index (Phi) is 8.23. The number of rotatable bonds is 10. The molecule has 0 fully saturated rings. The molecule has 1 heterocycles. The third-order valence-corrected chi connectivity index (χ3v) is 8.51. The summed E-state index contributed by atoms with van der Waals surface area (Å²) < 4.78 is 64.4. The van der Waals surface area contributed by atoms with E-state index in [1.54, 1.807) is 12.1 Å². The molecule has 0 saturated carbocycles. The molecule has 0 bridgehead atoms. The van der Waals surface area contributed by atoms with Crippen LogP contribution in [0.1, 0.15) is 51.5 Å². The molecule has 186 valence electrons. The lowest BCUT2D eigenvalue weighted by Crippen LogP contribution is -2.41. The summed E-state index contributed by atoms with van der Waals surface area (Å²) in [6.07, 6.45) is 17.5. The van der Waals surface area contributed by atoms with Crippen molar-refractivity contribution in [2.24, 2.45) is 0 Å². The lowest BCUT2D eigenvalue weighted by molar-refractivity contribution is 0.362. The van der Waals surface area contributed by atoms with Gasteiger partial charge >= 0.3 is 0 Å². The number of anilines is 1. The van der Waals surface area contributed by atoms with E-state index in [0.29, 0.717) is 19.3 Å². The third kappa shape index (κ3) is 6.47. The van der Waals surface area contributed by atoms with Crippen molar-refractivity contribution in [3.05, 3.63) is 71.9 Å². The van der Waals surface area contributed by atoms with Crippen LogP contribution in [0.3, 0.4) is 0 Å². The van der Waals surface area contributed by atoms with Crippen LogP contribution in [0, 0.1) is 0 Å². The summed E-state index contributed by atoms with van der Waals surface area (Å²) in [5.74, 6) is -0.300. The predicted molar refractivity (Wildman–Crippen MR) is 135 cm³/mol. The molecule has 0 amide bonds. The molecule has 0 radical (unpaired) electrons. The summed E-state index contributed by atoms with van der Waals surface area (Å²) in [7, 11) is -8.37. The van der Waals surface area contributed by atoms with E-state index >= 15 is 0 Å². The van der Waals surface area contributed by atoms with Crippen molar-refractivity contribution in [3.63, 3.8) is 0 Å². The molecular weight excluding hydrogens is 474 g/mol. The van der Waals surface area contributed by atoms with Gasteiger partial charge in [0.15, 0.2) is 0 Å². The van der Waals surface area contributed by atoms with Crippen LogP contribution < -0.4 is 4.90 Å². The molecule has 0 aromatic heterocycles. The van der Waals surface area contributed by atoms with Crippen LogP contribution in [0.2, 0.25) is 0 Å². The molecule has 1 aliphatic carbocycles. The molecule has 0 spiro atoms. The maximum Gasteiger partial charge on any atom is 0.294 e. The highest BCUT2D eigenvalue weighted by molar-refractivity contribution is 7.86. The van der Waals surface area contributed by atoms with Crippen LogP contribution in [-0.2, 0) is 25.7 Å². The van der Waals surface area contributed by atoms with E-state index in [2.05, 4.69) is 30.9 Å². The molecule has 7 nitrogen and oxygen atoms in total. The lowest BCUT2D eigenvalue weighted by Gasteiger charge is -2.35. The quantitative estimate of drug-likeness (QED) is 0.344. The number of fused-ring (bicyclic) bond motifs is 1. The fourth-order valence-electron chi connectivity index (χ4n) is 4.82. The first-order valence-electron chi connectivity index (χ1n) is 11.5. The predicted octanol–water partition coefficient (Wildman–Crippen LogP) is 4.85. The standard InChI is InChI=1S/C25H33NO6S2/c1-20-25(2,16-8-9-18-33(27,28)29)23-19-22(34(30,31)32)14-15-24(23)26(20)17-10-13-21-11-6-4-3-5-7-12-21/h3-7,11-12,14-15,19-20H,8-10,13,16-18H2,1-2H3,(H,27,28,29)(H,30,31,32)/b4-3-,5-3?,6-4?,7-5-,11-6?,12-7?,21-11?,21-12?. The number of hydrogen-bond acceptors (Lipinski definition) is 5. The summed E-state index contributed by atoms with van der Waals surface area (Å²) in [5.41, 5.74) is 2.55. The monoisotopic (exact) mass is 507 g/mol. The number of nitrogens with zero attached hydrogens (tertiary/aromatic N) is 1. The summed E-state index contributed by atoms with van der Waals surface area (Å²) >= 11 is 0. The number of unbranched alkanes of at least 4 members (excludes halogenated alkanes) is 1. The van der Waals surface area contributed by atoms with Crippen molar-refractivity contribution in [2.75, 3.05) is 17.2 Å². The minimum atomic E-state index is -4.35. The fourth-order valence-corrected chi connectivity index (χ4v) is 5.90. The van der Waals surface area contributed by atoms with Gasteiger partial charge in [0, 0.05) is 23.7 Å². The second kappa shape index (κ2) is 10.6. The van der Waals surface area contributed by atoms with Crippen molar-refractivity contribution in [2.45, 2.75) is 62.3 Å². The zero-order valence-electron chi connectivity index (χ0n) is 19.6. The second-order valence-corrected chi connectivity index (χ2v) is 12.2. The molecule has 1 aromatic carbocycles. The number of benzene rings is 1. The Hall–Kier alpha value is -2.20. The van der Waals surface area contributed by atoms with Gasteiger partial charge in [-0.3, -0.25) is 9.11 Å². The van der Waals surface area contributed by atoms with Gasteiger partial charge in [0.2, 0.25) is 0 Å². The Morgan fingerprint density at radius 1 is 0.971 bits per heavy atom. The van der Waals surface area contributed by atoms with Gasteiger partial charge in [-0.2, -0.15) is 16.8 Å². The van der Waals surface area contributed by atoms with Gasteiger partial charge in [-0.15, -0.1) is 0 Å². The van der Waals surface area contributed by atoms with Crippen LogP contribution in [0.4, 0.5) is 5.69 Å². The first-order valence-corrected chi connectivity index (χ1v) is 14.5. The molecule has 2 atom stereocenters. The largest absolute Gasteiger partial charge is 0.368 e. The molecule has 2 N–H and O–H groups in total. The van der Waals surface area contributed by atoms with Crippen LogP contribution in [-0.4, -0.2) is 44.3 Å². The molecular formula is C25H33NO6S2. The minimum absolute atomic E-state index is 0.0366. The SMILES string of the molecule is CC1N(CCCC2=C/C=C\C=C/C=C2)c2ccc(S(=O)(=O)O)cc2C1(C)CCCCS(=O)(=O)O. The minimum Gasteiger partial charge on any atom is -0.368 e. The average molecular weight is 508 g/mol. The smallest absolute Gasteiger partial charge is 0.294 e. The van der Waals surface area contributed by atoms with E-state index in [1.807, 2.05) is 30.4 Å². The molecule has 1 aromatic rings. The van der Waals surface area contributed by atoms with E-state index in [4.69, 9.17) is 4.55 Å². The lowest BCUT2D eigenvalue weighted by atomic mass is 9.75. The van der Waals surface area contributed by atoms with Crippen LogP contribution in [0.25, 0.3) is 0 Å². The van der Waals surface area contributed by atoms with E-state index in [9.17, 15) is 21.4 Å². The maximum atomic E-state index is 11.8.